The Bertz CT molecular complexity index is 2170. The third-order valence-corrected chi connectivity index (χ3v) is 13.3. The van der Waals surface area contributed by atoms with Crippen molar-refractivity contribution in [1.82, 2.24) is 47.9 Å². The second kappa shape index (κ2) is 30.9. The third-order valence-electron chi connectivity index (χ3n) is 12.2. The van der Waals surface area contributed by atoms with Gasteiger partial charge in [-0.2, -0.15) is 0 Å². The van der Waals surface area contributed by atoms with Gasteiger partial charge >= 0.3 is 0 Å². The predicted octanol–water partition coefficient (Wildman–Crippen LogP) is 0.0819. The second-order valence-corrected chi connectivity index (χ2v) is 21.6. The minimum absolute atomic E-state index is 0.000533. The van der Waals surface area contributed by atoms with Crippen LogP contribution in [-0.4, -0.2) is 137 Å². The van der Waals surface area contributed by atoms with E-state index in [-0.39, 0.29) is 68.7 Å². The highest BCUT2D eigenvalue weighted by molar-refractivity contribution is 8.14. The molecule has 1 aromatic rings. The summed E-state index contributed by atoms with van der Waals surface area (Å²) in [5, 5.41) is 25.1. The van der Waals surface area contributed by atoms with Crippen molar-refractivity contribution in [2.75, 3.05) is 18.8 Å². The first kappa shape index (κ1) is 62.2. The van der Waals surface area contributed by atoms with Crippen molar-refractivity contribution in [3.8, 4) is 0 Å². The topological polar surface area (TPSA) is 343 Å². The molecule has 0 unspecified atom stereocenters. The average molecular weight is 1060 g/mol. The number of nitrogens with zero attached hydrogens (tertiary/aromatic N) is 1. The predicted molar refractivity (Wildman–Crippen MR) is 283 cm³/mol. The van der Waals surface area contributed by atoms with Crippen LogP contribution in [0, 0.1) is 17.8 Å². The Morgan fingerprint density at radius 2 is 1.19 bits per heavy atom. The standard InChI is InChI=1S/C51H82N12O10S/c1-27(2)21-38-48(71)56-31(8)44(67)60-40(23-29(5)6)50(73)58-36(17-10-12-19-52)47(70)62-39(22-28(3)4)49(72)55-30(7)43(66)59-37(42(53)65)25-33-15-14-16-34(24-33)51-63-41(26-74-51)45(68)54-20-13-11-18-35(46(69)61-38)57-32(9)64/h14-16,24,27-31,35-41H,10-13,17-23,25-26,52H2,1-9H3,(H2,53,65)(H,54,68)(H,55,72)(H,56,71)(H,57,64)(H,58,73)(H,59,66)(H,60,67)(H,61,69)(H,62,70)/t30-,31-,35-,36-,37-,38-,39-,40-,41-/m0/s1. The summed E-state index contributed by atoms with van der Waals surface area (Å²) in [7, 11) is 0. The molecule has 0 saturated carbocycles. The summed E-state index contributed by atoms with van der Waals surface area (Å²) in [5.41, 5.74) is 12.9. The highest BCUT2D eigenvalue weighted by Crippen LogP contribution is 2.25. The summed E-state index contributed by atoms with van der Waals surface area (Å²) in [6, 6.07) is -2.75. The van der Waals surface area contributed by atoms with Gasteiger partial charge in [-0.15, -0.1) is 11.8 Å². The van der Waals surface area contributed by atoms with Gasteiger partial charge in [0.15, 0.2) is 0 Å². The minimum Gasteiger partial charge on any atom is -0.368 e. The lowest BCUT2D eigenvalue weighted by Crippen LogP contribution is -2.60. The molecule has 0 aliphatic carbocycles. The van der Waals surface area contributed by atoms with Crippen LogP contribution in [0.2, 0.25) is 0 Å². The molecule has 0 saturated heterocycles. The zero-order valence-electron chi connectivity index (χ0n) is 44.5. The van der Waals surface area contributed by atoms with Crippen LogP contribution in [0.3, 0.4) is 0 Å². The van der Waals surface area contributed by atoms with E-state index in [4.69, 9.17) is 11.5 Å². The van der Waals surface area contributed by atoms with Crippen LogP contribution < -0.4 is 59.3 Å². The summed E-state index contributed by atoms with van der Waals surface area (Å²) in [5.74, 6) is -6.29. The van der Waals surface area contributed by atoms with Crippen molar-refractivity contribution < 1.29 is 47.9 Å². The lowest BCUT2D eigenvalue weighted by Gasteiger charge is -2.28. The maximum atomic E-state index is 14.1. The van der Waals surface area contributed by atoms with E-state index < -0.39 is 108 Å². The first-order chi connectivity index (χ1) is 34.9. The lowest BCUT2D eigenvalue weighted by molar-refractivity contribution is -0.136. The van der Waals surface area contributed by atoms with Gasteiger partial charge in [-0.3, -0.25) is 52.9 Å². The Balaban J connectivity index is 2.00. The van der Waals surface area contributed by atoms with Crippen molar-refractivity contribution >= 4 is 75.9 Å². The fourth-order valence-electron chi connectivity index (χ4n) is 8.31. The maximum absolute atomic E-state index is 14.1. The summed E-state index contributed by atoms with van der Waals surface area (Å²) in [4.78, 5) is 140. The van der Waals surface area contributed by atoms with Crippen LogP contribution in [0.25, 0.3) is 0 Å². The molecule has 0 spiro atoms. The van der Waals surface area contributed by atoms with Gasteiger partial charge in [0.2, 0.25) is 59.1 Å². The molecule has 1 aromatic carbocycles. The molecule has 2 heterocycles. The molecule has 13 N–H and O–H groups in total. The number of thioether (sulfide) groups is 1. The molecule has 3 rings (SSSR count). The quantitative estimate of drug-likeness (QED) is 0.124. The molecule has 412 valence electrons. The van der Waals surface area contributed by atoms with E-state index in [1.54, 1.807) is 18.2 Å². The van der Waals surface area contributed by atoms with E-state index in [2.05, 4.69) is 52.8 Å². The molecule has 10 amide bonds. The molecule has 4 bridgehead atoms. The van der Waals surface area contributed by atoms with E-state index >= 15 is 0 Å². The first-order valence-electron chi connectivity index (χ1n) is 25.9. The number of carbonyl (C=O) groups is 10. The number of benzene rings is 1. The molecular weight excluding hydrogens is 973 g/mol. The fourth-order valence-corrected chi connectivity index (χ4v) is 9.35. The van der Waals surface area contributed by atoms with Crippen molar-refractivity contribution in [3.63, 3.8) is 0 Å². The molecule has 2 aliphatic heterocycles. The minimum atomic E-state index is -1.19. The Kier molecular flexibility index (Phi) is 26.0. The van der Waals surface area contributed by atoms with Crippen LogP contribution in [0.5, 0.6) is 0 Å². The zero-order chi connectivity index (χ0) is 55.2. The smallest absolute Gasteiger partial charge is 0.245 e. The van der Waals surface area contributed by atoms with Crippen LogP contribution in [0.4, 0.5) is 0 Å². The Labute approximate surface area is 439 Å². The second-order valence-electron chi connectivity index (χ2n) is 20.5. The van der Waals surface area contributed by atoms with Gasteiger partial charge in [0.05, 0.1) is 5.04 Å². The molecular formula is C51H82N12O10S. The van der Waals surface area contributed by atoms with Crippen molar-refractivity contribution in [3.05, 3.63) is 35.4 Å². The molecule has 0 radical (unpaired) electrons. The first-order valence-corrected chi connectivity index (χ1v) is 26.8. The SMILES string of the molecule is CC(=O)N[C@H]1CCCCNC(=O)[C@@H]2CSC(=N2)c2cccc(c2)C[C@@H](C(N)=O)NC(=O)[C@H](C)NC(=O)[C@H](CC(C)C)NC(=O)[C@H](CCCCN)NC(=O)[C@H](CC(C)C)NC(=O)[C@H](C)NC(=O)[C@H](CC(C)C)NC1=O. The molecule has 9 atom stereocenters. The summed E-state index contributed by atoms with van der Waals surface area (Å²) in [6.07, 6.45) is 2.62. The maximum Gasteiger partial charge on any atom is 0.245 e. The van der Waals surface area contributed by atoms with E-state index in [1.165, 1.54) is 32.5 Å². The van der Waals surface area contributed by atoms with Crippen LogP contribution in [-0.2, 0) is 54.4 Å². The monoisotopic (exact) mass is 1050 g/mol. The highest BCUT2D eigenvalue weighted by atomic mass is 32.2. The largest absolute Gasteiger partial charge is 0.368 e. The molecule has 23 heteroatoms. The summed E-state index contributed by atoms with van der Waals surface area (Å²) < 4.78 is 0. The Morgan fingerprint density at radius 3 is 1.73 bits per heavy atom. The highest BCUT2D eigenvalue weighted by Gasteiger charge is 2.34. The van der Waals surface area contributed by atoms with Crippen LogP contribution in [0.1, 0.15) is 131 Å². The lowest BCUT2D eigenvalue weighted by atomic mass is 10.00. The Morgan fingerprint density at radius 1 is 0.676 bits per heavy atom. The van der Waals surface area contributed by atoms with Crippen molar-refractivity contribution in [2.24, 2.45) is 34.2 Å². The fraction of sp³-hybridized carbons (Fsp3) is 0.667. The normalized spacial score (nSPS) is 26.2. The number of nitrogens with two attached hydrogens (primary N) is 2. The number of carbonyl (C=O) groups excluding carboxylic acids is 10. The number of aliphatic imine (C=N–C) groups is 1. The van der Waals surface area contributed by atoms with Gasteiger partial charge in [-0.25, -0.2) is 0 Å². The number of hydrogen-bond acceptors (Lipinski definition) is 13. The van der Waals surface area contributed by atoms with Gasteiger partial charge in [0.25, 0.3) is 0 Å². The number of hydrogen-bond donors (Lipinski definition) is 11. The number of fused-ring (bicyclic) bond motifs is 4. The van der Waals surface area contributed by atoms with Gasteiger partial charge in [0.1, 0.15) is 54.4 Å². The number of unbranched alkanes of at least 4 members (excludes halogenated alkanes) is 1. The number of primary amides is 1. The Hall–Kier alpha value is -6.10. The molecule has 2 aliphatic rings. The van der Waals surface area contributed by atoms with E-state index in [1.807, 2.05) is 47.6 Å². The molecule has 0 fully saturated rings. The summed E-state index contributed by atoms with van der Waals surface area (Å²) in [6.45, 7) is 15.8. The van der Waals surface area contributed by atoms with E-state index in [0.29, 0.717) is 54.2 Å². The van der Waals surface area contributed by atoms with Crippen LogP contribution in [0.15, 0.2) is 29.3 Å². The van der Waals surface area contributed by atoms with Gasteiger partial charge in [0, 0.05) is 31.2 Å². The average Bonchev–Trinajstić information content (AvgIpc) is 3.82. The number of rotatable bonds is 12. The summed E-state index contributed by atoms with van der Waals surface area (Å²) >= 11 is 1.38. The number of nitrogens with one attached hydrogen (secondary N) is 9. The molecule has 0 aromatic heterocycles. The van der Waals surface area contributed by atoms with Crippen molar-refractivity contribution in [1.29, 1.82) is 0 Å². The third kappa shape index (κ3) is 21.4. The van der Waals surface area contributed by atoms with Crippen molar-refractivity contribution in [2.45, 2.75) is 181 Å². The van der Waals surface area contributed by atoms with Gasteiger partial charge in [-0.1, -0.05) is 59.7 Å². The van der Waals surface area contributed by atoms with Gasteiger partial charge in [-0.05, 0) is 108 Å². The van der Waals surface area contributed by atoms with Crippen LogP contribution >= 0.6 is 11.8 Å². The zero-order valence-corrected chi connectivity index (χ0v) is 45.3. The molecule has 74 heavy (non-hydrogen) atoms. The molecule has 22 nitrogen and oxygen atoms in total. The van der Waals surface area contributed by atoms with Gasteiger partial charge < -0.3 is 59.3 Å². The van der Waals surface area contributed by atoms with E-state index in [0.717, 1.165) is 0 Å². The number of amides is 10. The van der Waals surface area contributed by atoms with E-state index in [9.17, 15) is 47.9 Å².